The number of benzene rings is 2. The molecular weight excluding hydrogens is 412 g/mol. The number of rotatable bonds is 8. The van der Waals surface area contributed by atoms with E-state index in [1.807, 2.05) is 6.07 Å². The fourth-order valence-corrected chi connectivity index (χ4v) is 2.58. The van der Waals surface area contributed by atoms with Crippen molar-refractivity contribution < 1.29 is 14.4 Å². The summed E-state index contributed by atoms with van der Waals surface area (Å²) in [6.45, 7) is 1.05. The highest BCUT2D eigenvalue weighted by Crippen LogP contribution is 2.10. The van der Waals surface area contributed by atoms with Crippen LogP contribution in [0.15, 0.2) is 53.0 Å². The molecule has 27 heavy (non-hydrogen) atoms. The summed E-state index contributed by atoms with van der Waals surface area (Å²) in [5, 5.41) is 8.12. The highest BCUT2D eigenvalue weighted by molar-refractivity contribution is 9.10. The zero-order valence-corrected chi connectivity index (χ0v) is 16.2. The highest BCUT2D eigenvalue weighted by Gasteiger charge is 2.05. The van der Waals surface area contributed by atoms with Crippen molar-refractivity contribution >= 4 is 33.8 Å². The fraction of sp³-hybridized carbons (Fsp3) is 0.211. The summed E-state index contributed by atoms with van der Waals surface area (Å²) in [5.74, 6) is -0.674. The van der Waals surface area contributed by atoms with E-state index in [-0.39, 0.29) is 11.9 Å². The van der Waals surface area contributed by atoms with Gasteiger partial charge in [-0.2, -0.15) is 0 Å². The molecule has 8 heteroatoms. The van der Waals surface area contributed by atoms with Gasteiger partial charge in [0.05, 0.1) is 0 Å². The van der Waals surface area contributed by atoms with E-state index >= 15 is 0 Å². The van der Waals surface area contributed by atoms with Gasteiger partial charge in [0.1, 0.15) is 0 Å². The molecule has 5 N–H and O–H groups in total. The lowest BCUT2D eigenvalue weighted by Gasteiger charge is -2.09. The predicted octanol–water partition coefficient (Wildman–Crippen LogP) is 1.82. The molecule has 2 rings (SSSR count). The van der Waals surface area contributed by atoms with E-state index in [2.05, 4.69) is 31.9 Å². The van der Waals surface area contributed by atoms with Gasteiger partial charge in [0, 0.05) is 35.2 Å². The van der Waals surface area contributed by atoms with Gasteiger partial charge in [-0.25, -0.2) is 4.79 Å². The number of urea groups is 1. The molecule has 0 saturated heterocycles. The molecule has 2 aromatic rings. The van der Waals surface area contributed by atoms with Gasteiger partial charge in [0.25, 0.3) is 5.91 Å². The molecule has 0 radical (unpaired) electrons. The van der Waals surface area contributed by atoms with Crippen LogP contribution in [0, 0.1) is 0 Å². The van der Waals surface area contributed by atoms with Crippen molar-refractivity contribution in [1.82, 2.24) is 16.0 Å². The Morgan fingerprint density at radius 1 is 0.852 bits per heavy atom. The summed E-state index contributed by atoms with van der Waals surface area (Å²) in [6, 6.07) is 13.7. The molecule has 0 fully saturated rings. The lowest BCUT2D eigenvalue weighted by molar-refractivity contribution is 0.0952. The minimum Gasteiger partial charge on any atom is -0.366 e. The van der Waals surface area contributed by atoms with Gasteiger partial charge in [-0.05, 0) is 48.4 Å². The Morgan fingerprint density at radius 2 is 1.52 bits per heavy atom. The van der Waals surface area contributed by atoms with Crippen LogP contribution in [-0.4, -0.2) is 37.5 Å². The third-order valence-corrected chi connectivity index (χ3v) is 4.24. The van der Waals surface area contributed by atoms with E-state index < -0.39 is 5.91 Å². The van der Waals surface area contributed by atoms with E-state index in [0.717, 1.165) is 10.0 Å². The highest BCUT2D eigenvalue weighted by atomic mass is 79.9. The van der Waals surface area contributed by atoms with Gasteiger partial charge in [-0.1, -0.05) is 28.1 Å². The van der Waals surface area contributed by atoms with Crippen molar-refractivity contribution in [1.29, 1.82) is 0 Å². The number of carbonyl (C=O) groups excluding carboxylic acids is 3. The molecule has 0 aromatic heterocycles. The largest absolute Gasteiger partial charge is 0.366 e. The van der Waals surface area contributed by atoms with Crippen LogP contribution in [0.3, 0.4) is 0 Å². The molecule has 0 spiro atoms. The first-order valence-electron chi connectivity index (χ1n) is 8.40. The molecule has 0 bridgehead atoms. The number of amides is 4. The maximum Gasteiger partial charge on any atom is 0.314 e. The first kappa shape index (κ1) is 20.4. The Morgan fingerprint density at radius 3 is 2.22 bits per heavy atom. The Hall–Kier alpha value is -2.87. The Bertz CT molecular complexity index is 809. The number of hydrogen-bond donors (Lipinski definition) is 4. The van der Waals surface area contributed by atoms with E-state index in [9.17, 15) is 14.4 Å². The molecule has 4 amide bonds. The van der Waals surface area contributed by atoms with E-state index in [1.54, 1.807) is 42.5 Å². The van der Waals surface area contributed by atoms with Crippen LogP contribution in [0.4, 0.5) is 4.79 Å². The maximum absolute atomic E-state index is 11.9. The first-order valence-corrected chi connectivity index (χ1v) is 9.19. The van der Waals surface area contributed by atoms with Crippen LogP contribution < -0.4 is 21.7 Å². The minimum absolute atomic E-state index is 0.195. The average Bonchev–Trinajstić information content (AvgIpc) is 2.66. The standard InChI is InChI=1S/C19H21BrN4O3/c20-16-6-4-14(5-7-16)18(26)22-10-11-24-19(27)23-9-8-13-2-1-3-15(12-13)17(21)25/h1-7,12H,8-11H2,(H2,21,25)(H,22,26)(H2,23,24,27). The quantitative estimate of drug-likeness (QED) is 0.477. The second-order valence-electron chi connectivity index (χ2n) is 5.76. The van der Waals surface area contributed by atoms with Crippen LogP contribution in [0.5, 0.6) is 0 Å². The summed E-state index contributed by atoms with van der Waals surface area (Å²) in [5.41, 5.74) is 7.15. The molecule has 0 aliphatic heterocycles. The third-order valence-electron chi connectivity index (χ3n) is 3.71. The van der Waals surface area contributed by atoms with Crippen LogP contribution >= 0.6 is 15.9 Å². The van der Waals surface area contributed by atoms with E-state index in [1.165, 1.54) is 0 Å². The number of nitrogens with two attached hydrogens (primary N) is 1. The van der Waals surface area contributed by atoms with Crippen LogP contribution in [0.2, 0.25) is 0 Å². The van der Waals surface area contributed by atoms with E-state index in [4.69, 9.17) is 5.73 Å². The van der Waals surface area contributed by atoms with Gasteiger partial charge in [0.2, 0.25) is 5.91 Å². The number of nitrogens with one attached hydrogen (secondary N) is 3. The average molecular weight is 433 g/mol. The van der Waals surface area contributed by atoms with Crippen LogP contribution in [-0.2, 0) is 6.42 Å². The monoisotopic (exact) mass is 432 g/mol. The van der Waals surface area contributed by atoms with Gasteiger partial charge < -0.3 is 21.7 Å². The third kappa shape index (κ3) is 7.10. The number of hydrogen-bond acceptors (Lipinski definition) is 3. The molecule has 0 heterocycles. The van der Waals surface area contributed by atoms with E-state index in [0.29, 0.717) is 37.2 Å². The normalized spacial score (nSPS) is 10.1. The topological polar surface area (TPSA) is 113 Å². The SMILES string of the molecule is NC(=O)c1cccc(CCNC(=O)NCCNC(=O)c2ccc(Br)cc2)c1. The Labute approximate surface area is 165 Å². The van der Waals surface area contributed by atoms with Crippen molar-refractivity contribution in [2.24, 2.45) is 5.73 Å². The predicted molar refractivity (Wildman–Crippen MR) is 107 cm³/mol. The van der Waals surface area contributed by atoms with Gasteiger partial charge >= 0.3 is 6.03 Å². The van der Waals surface area contributed by atoms with Crippen molar-refractivity contribution in [2.45, 2.75) is 6.42 Å². The second kappa shape index (κ2) is 10.3. The van der Waals surface area contributed by atoms with Crippen molar-refractivity contribution in [2.75, 3.05) is 19.6 Å². The number of carbonyl (C=O) groups is 3. The first-order chi connectivity index (χ1) is 13.0. The van der Waals surface area contributed by atoms with Crippen molar-refractivity contribution in [3.05, 3.63) is 69.7 Å². The van der Waals surface area contributed by atoms with Crippen LogP contribution in [0.25, 0.3) is 0 Å². The minimum atomic E-state index is -0.479. The molecule has 0 atom stereocenters. The summed E-state index contributed by atoms with van der Waals surface area (Å²) < 4.78 is 0.902. The number of primary amides is 1. The molecule has 0 saturated carbocycles. The summed E-state index contributed by atoms with van der Waals surface area (Å²) in [6.07, 6.45) is 0.578. The number of halogens is 1. The molecule has 0 unspecified atom stereocenters. The molecule has 0 aliphatic carbocycles. The fourth-order valence-electron chi connectivity index (χ4n) is 2.32. The molecule has 0 aliphatic rings. The van der Waals surface area contributed by atoms with Crippen molar-refractivity contribution in [3.63, 3.8) is 0 Å². The molecule has 7 nitrogen and oxygen atoms in total. The summed E-state index contributed by atoms with van der Waals surface area (Å²) >= 11 is 3.31. The lowest BCUT2D eigenvalue weighted by atomic mass is 10.1. The maximum atomic E-state index is 11.9. The smallest absolute Gasteiger partial charge is 0.314 e. The zero-order chi connectivity index (χ0) is 19.6. The summed E-state index contributed by atoms with van der Waals surface area (Å²) in [7, 11) is 0. The van der Waals surface area contributed by atoms with Crippen molar-refractivity contribution in [3.8, 4) is 0 Å². The summed E-state index contributed by atoms with van der Waals surface area (Å²) in [4.78, 5) is 34.8. The molecular formula is C19H21BrN4O3. The Kier molecular flexibility index (Phi) is 7.81. The van der Waals surface area contributed by atoms with Crippen LogP contribution in [0.1, 0.15) is 26.3 Å². The second-order valence-corrected chi connectivity index (χ2v) is 6.68. The van der Waals surface area contributed by atoms with Gasteiger partial charge in [-0.15, -0.1) is 0 Å². The van der Waals surface area contributed by atoms with Gasteiger partial charge in [0.15, 0.2) is 0 Å². The molecule has 2 aromatic carbocycles. The van der Waals surface area contributed by atoms with Gasteiger partial charge in [-0.3, -0.25) is 9.59 Å². The zero-order valence-electron chi connectivity index (χ0n) is 14.6. The Balaban J connectivity index is 1.62. The lowest BCUT2D eigenvalue weighted by Crippen LogP contribution is -2.40. The molecule has 142 valence electrons.